The molecule has 8 heteroatoms. The average Bonchev–Trinajstić information content (AvgIpc) is 3.23. The highest BCUT2D eigenvalue weighted by molar-refractivity contribution is 5.75. The van der Waals surface area contributed by atoms with E-state index in [0.29, 0.717) is 39.5 Å². The maximum absolute atomic E-state index is 10.9. The molecular formula is C25H47N3O5. The monoisotopic (exact) mass is 469 g/mol. The van der Waals surface area contributed by atoms with Gasteiger partial charge in [0.25, 0.3) is 0 Å². The molecule has 0 aliphatic heterocycles. The van der Waals surface area contributed by atoms with Crippen molar-refractivity contribution >= 4 is 5.78 Å². The van der Waals surface area contributed by atoms with Gasteiger partial charge in [-0.1, -0.05) is 37.3 Å². The van der Waals surface area contributed by atoms with Gasteiger partial charge >= 0.3 is 0 Å². The van der Waals surface area contributed by atoms with Gasteiger partial charge in [0.15, 0.2) is 0 Å². The first-order chi connectivity index (χ1) is 16.1. The van der Waals surface area contributed by atoms with E-state index >= 15 is 0 Å². The zero-order chi connectivity index (χ0) is 24.0. The van der Waals surface area contributed by atoms with E-state index in [9.17, 15) is 4.79 Å². The van der Waals surface area contributed by atoms with Crippen LogP contribution >= 0.6 is 0 Å². The minimum absolute atomic E-state index is 0.260. The van der Waals surface area contributed by atoms with Crippen molar-refractivity contribution in [2.75, 3.05) is 39.6 Å². The van der Waals surface area contributed by atoms with Crippen molar-refractivity contribution in [3.05, 3.63) is 11.9 Å². The van der Waals surface area contributed by atoms with Crippen LogP contribution in [0.1, 0.15) is 90.7 Å². The van der Waals surface area contributed by atoms with Crippen molar-refractivity contribution < 1.29 is 23.7 Å². The van der Waals surface area contributed by atoms with E-state index in [-0.39, 0.29) is 11.9 Å². The van der Waals surface area contributed by atoms with Crippen LogP contribution < -0.4 is 0 Å². The second-order valence-corrected chi connectivity index (χ2v) is 8.80. The van der Waals surface area contributed by atoms with E-state index in [0.717, 1.165) is 57.6 Å². The Labute approximate surface area is 200 Å². The number of aromatic nitrogens is 3. The van der Waals surface area contributed by atoms with Crippen LogP contribution in [0.5, 0.6) is 0 Å². The molecule has 0 unspecified atom stereocenters. The highest BCUT2D eigenvalue weighted by atomic mass is 16.5. The second-order valence-electron chi connectivity index (χ2n) is 8.80. The summed E-state index contributed by atoms with van der Waals surface area (Å²) in [6, 6.07) is 0. The molecular weight excluding hydrogens is 422 g/mol. The van der Waals surface area contributed by atoms with Crippen LogP contribution in [-0.2, 0) is 36.9 Å². The fourth-order valence-corrected chi connectivity index (χ4v) is 3.30. The van der Waals surface area contributed by atoms with Gasteiger partial charge in [-0.2, -0.15) is 0 Å². The number of hydrogen-bond acceptors (Lipinski definition) is 7. The lowest BCUT2D eigenvalue weighted by molar-refractivity contribution is -0.117. The molecule has 0 spiro atoms. The quantitative estimate of drug-likeness (QED) is 0.202. The van der Waals surface area contributed by atoms with Crippen LogP contribution in [-0.4, -0.2) is 66.5 Å². The molecule has 8 nitrogen and oxygen atoms in total. The number of aryl methyl sites for hydroxylation is 1. The van der Waals surface area contributed by atoms with Crippen molar-refractivity contribution in [2.45, 2.75) is 104 Å². The Balaban J connectivity index is 1.80. The van der Waals surface area contributed by atoms with Crippen molar-refractivity contribution in [1.82, 2.24) is 15.0 Å². The van der Waals surface area contributed by atoms with Gasteiger partial charge in [0, 0.05) is 26.2 Å². The third-order valence-corrected chi connectivity index (χ3v) is 5.13. The zero-order valence-corrected chi connectivity index (χ0v) is 21.3. The molecule has 0 amide bonds. The van der Waals surface area contributed by atoms with Crippen molar-refractivity contribution in [3.8, 4) is 0 Å². The summed E-state index contributed by atoms with van der Waals surface area (Å²) in [7, 11) is 0. The number of Topliss-reactive ketones (excluding diaryl/α,β-unsaturated/α-hetero) is 1. The minimum atomic E-state index is 0.260. The van der Waals surface area contributed by atoms with Crippen molar-refractivity contribution in [1.29, 1.82) is 0 Å². The Morgan fingerprint density at radius 3 is 2.09 bits per heavy atom. The molecule has 0 saturated heterocycles. The summed E-state index contributed by atoms with van der Waals surface area (Å²) < 4.78 is 24.1. The summed E-state index contributed by atoms with van der Waals surface area (Å²) in [5, 5.41) is 8.26. The first-order valence-electron chi connectivity index (χ1n) is 12.8. The topological polar surface area (TPSA) is 84.7 Å². The number of carbonyl (C=O) groups excluding carboxylic acids is 1. The normalized spacial score (nSPS) is 11.5. The molecule has 1 aromatic heterocycles. The highest BCUT2D eigenvalue weighted by Crippen LogP contribution is 2.06. The Morgan fingerprint density at radius 2 is 1.42 bits per heavy atom. The summed E-state index contributed by atoms with van der Waals surface area (Å²) in [6.45, 7) is 11.2. The lowest BCUT2D eigenvalue weighted by Crippen LogP contribution is -2.10. The summed E-state index contributed by atoms with van der Waals surface area (Å²) in [5.41, 5.74) is 0.841. The molecule has 0 saturated carbocycles. The van der Waals surface area contributed by atoms with Crippen LogP contribution in [0.15, 0.2) is 6.20 Å². The maximum Gasteiger partial charge on any atom is 0.129 e. The number of unbranched alkanes of at least 4 members (excludes halogenated alkanes) is 7. The van der Waals surface area contributed by atoms with Gasteiger partial charge in [-0.3, -0.25) is 4.68 Å². The van der Waals surface area contributed by atoms with Crippen molar-refractivity contribution in [2.24, 2.45) is 0 Å². The average molecular weight is 470 g/mol. The summed E-state index contributed by atoms with van der Waals surface area (Å²) in [4.78, 5) is 10.9. The number of ketones is 1. The SMILES string of the molecule is CC(=O)CCCCCn1cc(COCCOCCCCCCCCOCCOC(C)C)nn1. The van der Waals surface area contributed by atoms with Crippen LogP contribution in [0.25, 0.3) is 0 Å². The van der Waals surface area contributed by atoms with Crippen LogP contribution in [0.4, 0.5) is 0 Å². The fraction of sp³-hybridized carbons (Fsp3) is 0.880. The van der Waals surface area contributed by atoms with Gasteiger partial charge in [-0.25, -0.2) is 0 Å². The molecule has 0 aliphatic carbocycles. The number of nitrogens with zero attached hydrogens (tertiary/aromatic N) is 3. The van der Waals surface area contributed by atoms with Gasteiger partial charge in [0.05, 0.1) is 45.3 Å². The number of rotatable bonds is 24. The summed E-state index contributed by atoms with van der Waals surface area (Å²) in [6.07, 6.45) is 13.1. The van der Waals surface area contributed by atoms with Crippen LogP contribution in [0.3, 0.4) is 0 Å². The Kier molecular flexibility index (Phi) is 19.1. The highest BCUT2D eigenvalue weighted by Gasteiger charge is 2.02. The molecule has 1 rings (SSSR count). The molecule has 33 heavy (non-hydrogen) atoms. The van der Waals surface area contributed by atoms with Gasteiger partial charge < -0.3 is 23.7 Å². The molecule has 0 aliphatic rings. The van der Waals surface area contributed by atoms with Crippen LogP contribution in [0.2, 0.25) is 0 Å². The summed E-state index contributed by atoms with van der Waals surface area (Å²) in [5.74, 6) is 0.260. The standard InChI is InChI=1S/C25H47N3O5/c1-23(2)33-20-19-31-16-12-7-5-4-6-11-15-30-17-18-32-22-25-21-28(27-26-25)14-10-8-9-13-24(3)29/h21,23H,4-20,22H2,1-3H3. The van der Waals surface area contributed by atoms with E-state index in [1.54, 1.807) is 6.92 Å². The van der Waals surface area contributed by atoms with Gasteiger partial charge in [-0.05, 0) is 46.5 Å². The first kappa shape index (κ1) is 29.7. The molecule has 1 heterocycles. The first-order valence-corrected chi connectivity index (χ1v) is 12.8. The second kappa shape index (κ2) is 21.2. The third kappa shape index (κ3) is 19.8. The largest absolute Gasteiger partial charge is 0.379 e. The minimum Gasteiger partial charge on any atom is -0.379 e. The van der Waals surface area contributed by atoms with E-state index in [2.05, 4.69) is 10.3 Å². The van der Waals surface area contributed by atoms with Gasteiger partial charge in [0.1, 0.15) is 11.5 Å². The molecule has 0 radical (unpaired) electrons. The van der Waals surface area contributed by atoms with Gasteiger partial charge in [-0.15, -0.1) is 5.10 Å². The molecule has 192 valence electrons. The maximum atomic E-state index is 10.9. The molecule has 0 N–H and O–H groups in total. The Bertz CT molecular complexity index is 580. The van der Waals surface area contributed by atoms with Crippen molar-refractivity contribution in [3.63, 3.8) is 0 Å². The Morgan fingerprint density at radius 1 is 0.818 bits per heavy atom. The zero-order valence-electron chi connectivity index (χ0n) is 21.3. The van der Waals surface area contributed by atoms with Gasteiger partial charge in [0.2, 0.25) is 0 Å². The molecule has 0 bridgehead atoms. The van der Waals surface area contributed by atoms with E-state index in [1.807, 2.05) is 24.7 Å². The Hall–Kier alpha value is -1.35. The lowest BCUT2D eigenvalue weighted by atomic mass is 10.1. The lowest BCUT2D eigenvalue weighted by Gasteiger charge is -2.08. The predicted molar refractivity (Wildman–Crippen MR) is 129 cm³/mol. The molecule has 0 aromatic carbocycles. The van der Waals surface area contributed by atoms with E-state index in [1.165, 1.54) is 25.7 Å². The van der Waals surface area contributed by atoms with Crippen LogP contribution in [0, 0.1) is 0 Å². The number of ether oxygens (including phenoxy) is 4. The number of hydrogen-bond donors (Lipinski definition) is 0. The summed E-state index contributed by atoms with van der Waals surface area (Å²) >= 11 is 0. The van der Waals surface area contributed by atoms with E-state index in [4.69, 9.17) is 18.9 Å². The fourth-order valence-electron chi connectivity index (χ4n) is 3.30. The molecule has 1 aromatic rings. The van der Waals surface area contributed by atoms with E-state index < -0.39 is 0 Å². The third-order valence-electron chi connectivity index (χ3n) is 5.13. The predicted octanol–water partition coefficient (Wildman–Crippen LogP) is 4.74. The molecule has 0 fully saturated rings. The smallest absolute Gasteiger partial charge is 0.129 e. The molecule has 0 atom stereocenters. The number of carbonyl (C=O) groups is 1.